The Morgan fingerprint density at radius 2 is 1.80 bits per heavy atom. The third kappa shape index (κ3) is 5.04. The van der Waals surface area contributed by atoms with Gasteiger partial charge in [0.15, 0.2) is 0 Å². The predicted octanol–water partition coefficient (Wildman–Crippen LogP) is 4.32. The predicted molar refractivity (Wildman–Crippen MR) is 118 cm³/mol. The van der Waals surface area contributed by atoms with Gasteiger partial charge in [-0.3, -0.25) is 14.9 Å². The zero-order valence-electron chi connectivity index (χ0n) is 16.2. The normalized spacial score (nSPS) is 14.6. The second-order valence-electron chi connectivity index (χ2n) is 7.29. The molecule has 3 aromatic rings. The molecule has 30 heavy (non-hydrogen) atoms. The largest absolute Gasteiger partial charge is 0.344 e. The summed E-state index contributed by atoms with van der Waals surface area (Å²) in [5.74, 6) is -0.351. The van der Waals surface area contributed by atoms with E-state index < -0.39 is 6.04 Å². The van der Waals surface area contributed by atoms with Gasteiger partial charge >= 0.3 is 0 Å². The Morgan fingerprint density at radius 1 is 1.07 bits per heavy atom. The molecule has 154 valence electrons. The zero-order valence-corrected chi connectivity index (χ0v) is 17.7. The average Bonchev–Trinajstić information content (AvgIpc) is 3.16. The van der Waals surface area contributed by atoms with Crippen molar-refractivity contribution < 1.29 is 9.59 Å². The van der Waals surface area contributed by atoms with E-state index in [0.717, 1.165) is 30.4 Å². The zero-order chi connectivity index (χ0) is 20.9. The summed E-state index contributed by atoms with van der Waals surface area (Å²) >= 11 is 7.20. The first kappa shape index (κ1) is 20.5. The molecule has 6 nitrogen and oxygen atoms in total. The van der Waals surface area contributed by atoms with E-state index in [1.54, 1.807) is 12.1 Å². The number of amides is 2. The van der Waals surface area contributed by atoms with Crippen LogP contribution in [-0.2, 0) is 16.0 Å². The molecule has 0 bridgehead atoms. The van der Waals surface area contributed by atoms with Gasteiger partial charge in [0.05, 0.1) is 0 Å². The highest BCUT2D eigenvalue weighted by Gasteiger charge is 2.29. The lowest BCUT2D eigenvalue weighted by Gasteiger charge is -2.27. The number of hydrogen-bond acceptors (Lipinski definition) is 5. The van der Waals surface area contributed by atoms with Crippen LogP contribution in [-0.4, -0.2) is 28.1 Å². The maximum Gasteiger partial charge on any atom is 0.249 e. The minimum absolute atomic E-state index is 0.00844. The van der Waals surface area contributed by atoms with Crippen LogP contribution in [0.1, 0.15) is 24.8 Å². The number of nitrogens with one attached hydrogen (secondary N) is 2. The van der Waals surface area contributed by atoms with Gasteiger partial charge in [-0.15, -0.1) is 10.2 Å². The van der Waals surface area contributed by atoms with E-state index in [0.29, 0.717) is 21.6 Å². The summed E-state index contributed by atoms with van der Waals surface area (Å²) in [6, 6.07) is 16.2. The van der Waals surface area contributed by atoms with Crippen LogP contribution in [0.5, 0.6) is 0 Å². The number of nitrogens with zero attached hydrogens (tertiary/aromatic N) is 2. The fourth-order valence-electron chi connectivity index (χ4n) is 3.19. The number of halogens is 1. The molecule has 1 atom stereocenters. The van der Waals surface area contributed by atoms with Gasteiger partial charge in [0.1, 0.15) is 11.0 Å². The summed E-state index contributed by atoms with van der Waals surface area (Å²) in [6.07, 6.45) is 3.23. The third-order valence-corrected chi connectivity index (χ3v) is 6.28. The molecule has 0 aliphatic heterocycles. The van der Waals surface area contributed by atoms with Crippen molar-refractivity contribution >= 4 is 39.9 Å². The van der Waals surface area contributed by atoms with Crippen molar-refractivity contribution in [1.82, 2.24) is 15.5 Å². The summed E-state index contributed by atoms with van der Waals surface area (Å²) in [7, 11) is 0. The molecule has 1 fully saturated rings. The fraction of sp³-hybridized carbons (Fsp3) is 0.273. The number of rotatable bonds is 7. The SMILES string of the molecule is O=C(NC(Cc1ccccc1)C(=O)Nc1nnc(-c2ccc(Cl)cc2)s1)C1CCC1. The van der Waals surface area contributed by atoms with E-state index in [9.17, 15) is 9.59 Å². The fourth-order valence-corrected chi connectivity index (χ4v) is 4.07. The van der Waals surface area contributed by atoms with E-state index in [-0.39, 0.29) is 17.7 Å². The van der Waals surface area contributed by atoms with E-state index in [1.807, 2.05) is 42.5 Å². The minimum Gasteiger partial charge on any atom is -0.344 e. The maximum atomic E-state index is 13.0. The van der Waals surface area contributed by atoms with Crippen molar-refractivity contribution in [3.8, 4) is 10.6 Å². The first-order chi connectivity index (χ1) is 14.6. The molecule has 1 aromatic heterocycles. The van der Waals surface area contributed by atoms with Crippen molar-refractivity contribution in [1.29, 1.82) is 0 Å². The van der Waals surface area contributed by atoms with Gasteiger partial charge in [0.25, 0.3) is 0 Å². The molecule has 2 aromatic carbocycles. The molecular formula is C22H21ClN4O2S. The summed E-state index contributed by atoms with van der Waals surface area (Å²) in [4.78, 5) is 25.4. The Hall–Kier alpha value is -2.77. The van der Waals surface area contributed by atoms with Crippen LogP contribution >= 0.6 is 22.9 Å². The van der Waals surface area contributed by atoms with Crippen LogP contribution in [0.4, 0.5) is 5.13 Å². The molecule has 2 amide bonds. The molecule has 1 unspecified atom stereocenters. The van der Waals surface area contributed by atoms with E-state index in [2.05, 4.69) is 20.8 Å². The van der Waals surface area contributed by atoms with Gasteiger partial charge in [-0.25, -0.2) is 0 Å². The van der Waals surface area contributed by atoms with Gasteiger partial charge in [-0.1, -0.05) is 71.8 Å². The number of hydrogen-bond donors (Lipinski definition) is 2. The summed E-state index contributed by atoms with van der Waals surface area (Å²) in [5.41, 5.74) is 1.85. The summed E-state index contributed by atoms with van der Waals surface area (Å²) < 4.78 is 0. The lowest BCUT2D eigenvalue weighted by Crippen LogP contribution is -2.48. The lowest BCUT2D eigenvalue weighted by atomic mass is 9.84. The van der Waals surface area contributed by atoms with Crippen molar-refractivity contribution in [2.75, 3.05) is 5.32 Å². The Kier molecular flexibility index (Phi) is 6.40. The molecule has 0 spiro atoms. The van der Waals surface area contributed by atoms with E-state index in [1.165, 1.54) is 11.3 Å². The average molecular weight is 441 g/mol. The highest BCUT2D eigenvalue weighted by molar-refractivity contribution is 7.18. The topological polar surface area (TPSA) is 84.0 Å². The minimum atomic E-state index is -0.677. The summed E-state index contributed by atoms with van der Waals surface area (Å²) in [6.45, 7) is 0. The first-order valence-corrected chi connectivity index (χ1v) is 11.0. The van der Waals surface area contributed by atoms with Gasteiger partial charge in [-0.05, 0) is 30.5 Å². The number of benzene rings is 2. The molecule has 4 rings (SSSR count). The molecule has 1 aliphatic carbocycles. The van der Waals surface area contributed by atoms with Crippen molar-refractivity contribution in [2.45, 2.75) is 31.7 Å². The molecule has 1 saturated carbocycles. The first-order valence-electron chi connectivity index (χ1n) is 9.83. The van der Waals surface area contributed by atoms with E-state index in [4.69, 9.17) is 11.6 Å². The van der Waals surface area contributed by atoms with Gasteiger partial charge < -0.3 is 5.32 Å². The van der Waals surface area contributed by atoms with Crippen LogP contribution in [0.25, 0.3) is 10.6 Å². The molecule has 0 saturated heterocycles. The third-order valence-electron chi connectivity index (χ3n) is 5.14. The lowest BCUT2D eigenvalue weighted by molar-refractivity contribution is -0.131. The molecule has 2 N–H and O–H groups in total. The Balaban J connectivity index is 1.46. The molecule has 1 heterocycles. The Morgan fingerprint density at radius 3 is 2.47 bits per heavy atom. The second-order valence-corrected chi connectivity index (χ2v) is 8.70. The summed E-state index contributed by atoms with van der Waals surface area (Å²) in [5, 5.41) is 15.7. The quantitative estimate of drug-likeness (QED) is 0.572. The van der Waals surface area contributed by atoms with Crippen molar-refractivity contribution in [3.63, 3.8) is 0 Å². The number of aromatic nitrogens is 2. The van der Waals surface area contributed by atoms with E-state index >= 15 is 0 Å². The van der Waals surface area contributed by atoms with Gasteiger partial charge in [0, 0.05) is 22.9 Å². The van der Waals surface area contributed by atoms with Crippen molar-refractivity contribution in [2.24, 2.45) is 5.92 Å². The molecular weight excluding hydrogens is 420 g/mol. The monoisotopic (exact) mass is 440 g/mol. The van der Waals surface area contributed by atoms with Gasteiger partial charge in [-0.2, -0.15) is 0 Å². The van der Waals surface area contributed by atoms with Gasteiger partial charge in [0.2, 0.25) is 16.9 Å². The number of carbonyl (C=O) groups excluding carboxylic acids is 2. The van der Waals surface area contributed by atoms with Crippen LogP contribution < -0.4 is 10.6 Å². The highest BCUT2D eigenvalue weighted by Crippen LogP contribution is 2.28. The van der Waals surface area contributed by atoms with Crippen LogP contribution in [0, 0.1) is 5.92 Å². The highest BCUT2D eigenvalue weighted by atomic mass is 35.5. The Labute approximate surface area is 183 Å². The Bertz CT molecular complexity index is 1020. The molecule has 8 heteroatoms. The second kappa shape index (κ2) is 9.36. The van der Waals surface area contributed by atoms with Crippen LogP contribution in [0.3, 0.4) is 0 Å². The molecule has 0 radical (unpaired) electrons. The van der Waals surface area contributed by atoms with Crippen LogP contribution in [0.2, 0.25) is 5.02 Å². The molecule has 1 aliphatic rings. The maximum absolute atomic E-state index is 13.0. The standard InChI is InChI=1S/C22H21ClN4O2S/c23-17-11-9-16(10-12-17)21-26-27-22(30-21)25-20(29)18(13-14-5-2-1-3-6-14)24-19(28)15-7-4-8-15/h1-3,5-6,9-12,15,18H,4,7-8,13H2,(H,24,28)(H,25,27,29). The number of anilines is 1. The van der Waals surface area contributed by atoms with Crippen molar-refractivity contribution in [3.05, 3.63) is 65.2 Å². The smallest absolute Gasteiger partial charge is 0.249 e. The number of carbonyl (C=O) groups is 2. The van der Waals surface area contributed by atoms with Crippen LogP contribution in [0.15, 0.2) is 54.6 Å².